The third-order valence-corrected chi connectivity index (χ3v) is 5.29. The first kappa shape index (κ1) is 18.8. The van der Waals surface area contributed by atoms with Crippen LogP contribution in [0.4, 0.5) is 0 Å². The molecule has 0 amide bonds. The van der Waals surface area contributed by atoms with Crippen molar-refractivity contribution in [3.8, 4) is 5.75 Å². The molecule has 0 saturated carbocycles. The van der Waals surface area contributed by atoms with Crippen LogP contribution in [-0.4, -0.2) is 20.5 Å². The van der Waals surface area contributed by atoms with Gasteiger partial charge in [0, 0.05) is 34.2 Å². The lowest BCUT2D eigenvalue weighted by Crippen LogP contribution is -2.06. The fraction of sp³-hybridized carbons (Fsp3) is 0.0870. The van der Waals surface area contributed by atoms with Gasteiger partial charge in [-0.05, 0) is 52.9 Å². The molecule has 5 nitrogen and oxygen atoms in total. The Morgan fingerprint density at radius 3 is 2.83 bits per heavy atom. The molecule has 2 aromatic heterocycles. The SMILES string of the molecule is C=CC(=O)Oc1ccccc1/C(=C(\CC)c1cnsc1)c1ccc2[nH]ncc2c1. The maximum Gasteiger partial charge on any atom is 0.335 e. The maximum absolute atomic E-state index is 11.9. The van der Waals surface area contributed by atoms with E-state index in [1.165, 1.54) is 17.6 Å². The second kappa shape index (κ2) is 8.24. The topological polar surface area (TPSA) is 67.9 Å². The summed E-state index contributed by atoms with van der Waals surface area (Å²) in [5.74, 6) is 0.00571. The number of carbonyl (C=O) groups is 1. The number of hydrogen-bond donors (Lipinski definition) is 1. The lowest BCUT2D eigenvalue weighted by Gasteiger charge is -2.17. The Kier molecular flexibility index (Phi) is 5.35. The number of nitrogens with zero attached hydrogens (tertiary/aromatic N) is 2. The molecule has 0 radical (unpaired) electrons. The Labute approximate surface area is 172 Å². The molecule has 0 unspecified atom stereocenters. The summed E-state index contributed by atoms with van der Waals surface area (Å²) in [4.78, 5) is 11.9. The molecule has 0 aliphatic rings. The lowest BCUT2D eigenvalue weighted by atomic mass is 9.88. The number of esters is 1. The average molecular weight is 401 g/mol. The van der Waals surface area contributed by atoms with Gasteiger partial charge < -0.3 is 4.74 Å². The van der Waals surface area contributed by atoms with Gasteiger partial charge >= 0.3 is 5.97 Å². The summed E-state index contributed by atoms with van der Waals surface area (Å²) in [5.41, 5.74) is 6.02. The van der Waals surface area contributed by atoms with Crippen molar-refractivity contribution in [3.63, 3.8) is 0 Å². The molecule has 0 atom stereocenters. The molecule has 4 aromatic rings. The largest absolute Gasteiger partial charge is 0.423 e. The molecular weight excluding hydrogens is 382 g/mol. The van der Waals surface area contributed by atoms with Crippen LogP contribution in [0.5, 0.6) is 5.75 Å². The van der Waals surface area contributed by atoms with E-state index in [0.717, 1.165) is 45.2 Å². The Balaban J connectivity index is 1.99. The van der Waals surface area contributed by atoms with Crippen LogP contribution in [0.1, 0.15) is 30.0 Å². The third-order valence-electron chi connectivity index (χ3n) is 4.70. The van der Waals surface area contributed by atoms with Gasteiger partial charge in [0.1, 0.15) is 5.75 Å². The zero-order valence-corrected chi connectivity index (χ0v) is 16.7. The van der Waals surface area contributed by atoms with Gasteiger partial charge in [-0.15, -0.1) is 0 Å². The maximum atomic E-state index is 11.9. The van der Waals surface area contributed by atoms with E-state index >= 15 is 0 Å². The second-order valence-corrected chi connectivity index (χ2v) is 7.07. The molecule has 0 spiro atoms. The zero-order valence-electron chi connectivity index (χ0n) is 15.9. The van der Waals surface area contributed by atoms with E-state index in [2.05, 4.69) is 40.2 Å². The molecule has 29 heavy (non-hydrogen) atoms. The number of benzene rings is 2. The minimum absolute atomic E-state index is 0.489. The highest BCUT2D eigenvalue weighted by Crippen LogP contribution is 2.39. The molecule has 4 rings (SSSR count). The van der Waals surface area contributed by atoms with Crippen LogP contribution < -0.4 is 4.74 Å². The minimum atomic E-state index is -0.489. The van der Waals surface area contributed by atoms with Crippen molar-refractivity contribution in [1.29, 1.82) is 0 Å². The van der Waals surface area contributed by atoms with Crippen molar-refractivity contribution in [1.82, 2.24) is 14.6 Å². The Hall–Kier alpha value is -3.51. The summed E-state index contributed by atoms with van der Waals surface area (Å²) in [6.07, 6.45) is 5.64. The number of fused-ring (bicyclic) bond motifs is 1. The van der Waals surface area contributed by atoms with E-state index in [4.69, 9.17) is 4.74 Å². The molecule has 0 bridgehead atoms. The van der Waals surface area contributed by atoms with Crippen LogP contribution in [0.25, 0.3) is 22.0 Å². The van der Waals surface area contributed by atoms with E-state index in [1.54, 1.807) is 12.3 Å². The molecule has 2 aromatic carbocycles. The first-order valence-electron chi connectivity index (χ1n) is 9.21. The number of H-pyrrole nitrogens is 1. The molecule has 2 heterocycles. The number of rotatable bonds is 6. The predicted octanol–water partition coefficient (Wildman–Crippen LogP) is 5.48. The minimum Gasteiger partial charge on any atom is -0.423 e. The summed E-state index contributed by atoms with van der Waals surface area (Å²) >= 11 is 1.42. The normalized spacial score (nSPS) is 11.9. The third kappa shape index (κ3) is 3.75. The van der Waals surface area contributed by atoms with Crippen molar-refractivity contribution in [2.45, 2.75) is 13.3 Å². The number of hydrogen-bond acceptors (Lipinski definition) is 5. The summed E-state index contributed by atoms with van der Waals surface area (Å²) in [6.45, 7) is 5.62. The first-order valence-corrected chi connectivity index (χ1v) is 10.0. The highest BCUT2D eigenvalue weighted by atomic mass is 32.1. The fourth-order valence-electron chi connectivity index (χ4n) is 3.38. The molecule has 144 valence electrons. The highest BCUT2D eigenvalue weighted by molar-refractivity contribution is 7.03. The van der Waals surface area contributed by atoms with E-state index in [1.807, 2.05) is 35.8 Å². The Bertz CT molecular complexity index is 1210. The average Bonchev–Trinajstić information content (AvgIpc) is 3.44. The van der Waals surface area contributed by atoms with E-state index in [-0.39, 0.29) is 0 Å². The Morgan fingerprint density at radius 1 is 1.21 bits per heavy atom. The summed E-state index contributed by atoms with van der Waals surface area (Å²) in [7, 11) is 0. The standard InChI is InChI=1S/C23H19N3O2S/c1-3-18(17-13-25-29-14-17)23(15-9-10-20-16(11-15)12-24-26-20)19-7-5-6-8-21(19)28-22(27)4-2/h4-14H,2-3H2,1H3,(H,24,26)/b23-18+. The number of nitrogens with one attached hydrogen (secondary N) is 1. The van der Waals surface area contributed by atoms with E-state index in [0.29, 0.717) is 5.75 Å². The lowest BCUT2D eigenvalue weighted by molar-refractivity contribution is -0.128. The van der Waals surface area contributed by atoms with Gasteiger partial charge in [0.15, 0.2) is 0 Å². The molecule has 6 heteroatoms. The van der Waals surface area contributed by atoms with Gasteiger partial charge in [-0.25, -0.2) is 9.17 Å². The molecule has 0 fully saturated rings. The van der Waals surface area contributed by atoms with Crippen LogP contribution in [-0.2, 0) is 4.79 Å². The predicted molar refractivity (Wildman–Crippen MR) is 117 cm³/mol. The smallest absolute Gasteiger partial charge is 0.335 e. The summed E-state index contributed by atoms with van der Waals surface area (Å²) < 4.78 is 9.84. The van der Waals surface area contributed by atoms with Crippen LogP contribution in [0, 0.1) is 0 Å². The first-order chi connectivity index (χ1) is 14.2. The fourth-order valence-corrected chi connectivity index (χ4v) is 3.93. The molecule has 0 aliphatic carbocycles. The number of allylic oxidation sites excluding steroid dienone is 1. The van der Waals surface area contributed by atoms with E-state index in [9.17, 15) is 4.79 Å². The van der Waals surface area contributed by atoms with Gasteiger partial charge in [-0.2, -0.15) is 5.10 Å². The monoisotopic (exact) mass is 401 g/mol. The van der Waals surface area contributed by atoms with Crippen molar-refractivity contribution >= 4 is 39.6 Å². The number of aromatic nitrogens is 3. The summed E-state index contributed by atoms with van der Waals surface area (Å²) in [5, 5.41) is 10.2. The molecule has 1 N–H and O–H groups in total. The van der Waals surface area contributed by atoms with Crippen molar-refractivity contribution < 1.29 is 9.53 Å². The quantitative estimate of drug-likeness (QED) is 0.264. The highest BCUT2D eigenvalue weighted by Gasteiger charge is 2.19. The molecule has 0 saturated heterocycles. The van der Waals surface area contributed by atoms with Crippen LogP contribution in [0.3, 0.4) is 0 Å². The molecule has 0 aliphatic heterocycles. The zero-order chi connectivity index (χ0) is 20.2. The van der Waals surface area contributed by atoms with Gasteiger partial charge in [0.05, 0.1) is 11.7 Å². The van der Waals surface area contributed by atoms with E-state index < -0.39 is 5.97 Å². The van der Waals surface area contributed by atoms with Crippen LogP contribution >= 0.6 is 11.5 Å². The van der Waals surface area contributed by atoms with Gasteiger partial charge in [-0.3, -0.25) is 5.10 Å². The number of aromatic amines is 1. The van der Waals surface area contributed by atoms with Crippen LogP contribution in [0.15, 0.2) is 72.9 Å². The number of ether oxygens (including phenoxy) is 1. The van der Waals surface area contributed by atoms with Crippen molar-refractivity contribution in [3.05, 3.63) is 89.6 Å². The number of carbonyl (C=O) groups excluding carboxylic acids is 1. The van der Waals surface area contributed by atoms with Crippen molar-refractivity contribution in [2.75, 3.05) is 0 Å². The Morgan fingerprint density at radius 2 is 2.07 bits per heavy atom. The summed E-state index contributed by atoms with van der Waals surface area (Å²) in [6, 6.07) is 13.7. The van der Waals surface area contributed by atoms with Gasteiger partial charge in [-0.1, -0.05) is 37.8 Å². The second-order valence-electron chi connectivity index (χ2n) is 6.41. The molecular formula is C23H19N3O2S. The van der Waals surface area contributed by atoms with Crippen molar-refractivity contribution in [2.24, 2.45) is 0 Å². The van der Waals surface area contributed by atoms with Gasteiger partial charge in [0.2, 0.25) is 0 Å². The van der Waals surface area contributed by atoms with Crippen LogP contribution in [0.2, 0.25) is 0 Å². The number of para-hydroxylation sites is 1. The van der Waals surface area contributed by atoms with Gasteiger partial charge in [0.25, 0.3) is 0 Å².